The molecule has 0 aliphatic carbocycles. The van der Waals surface area contributed by atoms with Gasteiger partial charge in [-0.05, 0) is 6.42 Å². The van der Waals surface area contributed by atoms with Gasteiger partial charge in [0.15, 0.2) is 0 Å². The van der Waals surface area contributed by atoms with Crippen molar-refractivity contribution < 1.29 is 4.79 Å². The van der Waals surface area contributed by atoms with E-state index in [2.05, 4.69) is 12.2 Å². The minimum atomic E-state index is 0.125. The fourth-order valence-electron chi connectivity index (χ4n) is 0.672. The van der Waals surface area contributed by atoms with E-state index in [4.69, 9.17) is 5.73 Å². The molecule has 1 amide bonds. The Hall–Kier alpha value is -0.570. The van der Waals surface area contributed by atoms with Gasteiger partial charge in [-0.3, -0.25) is 4.79 Å². The van der Waals surface area contributed by atoms with Gasteiger partial charge in [0.25, 0.3) is 0 Å². The van der Waals surface area contributed by atoms with Crippen LogP contribution in [0.15, 0.2) is 0 Å². The Morgan fingerprint density at radius 3 is 2.89 bits per heavy atom. The summed E-state index contributed by atoms with van der Waals surface area (Å²) < 4.78 is 0. The van der Waals surface area contributed by atoms with Crippen LogP contribution in [0.4, 0.5) is 0 Å². The zero-order chi connectivity index (χ0) is 7.11. The molecule has 1 unspecified atom stereocenters. The van der Waals surface area contributed by atoms with Crippen LogP contribution < -0.4 is 11.1 Å². The average molecular weight is 130 g/mol. The SMILES string of the molecule is CCCC(N)CNC=O. The molecule has 0 radical (unpaired) electrons. The number of rotatable bonds is 5. The van der Waals surface area contributed by atoms with Gasteiger partial charge in [0.2, 0.25) is 6.41 Å². The maximum Gasteiger partial charge on any atom is 0.207 e. The van der Waals surface area contributed by atoms with Crippen LogP contribution in [0.3, 0.4) is 0 Å². The lowest BCUT2D eigenvalue weighted by molar-refractivity contribution is -0.109. The van der Waals surface area contributed by atoms with Crippen LogP contribution in [0.25, 0.3) is 0 Å². The molecule has 1 atom stereocenters. The summed E-state index contributed by atoms with van der Waals surface area (Å²) in [6.07, 6.45) is 2.72. The van der Waals surface area contributed by atoms with Crippen LogP contribution in [0, 0.1) is 0 Å². The van der Waals surface area contributed by atoms with Crippen molar-refractivity contribution in [3.63, 3.8) is 0 Å². The van der Waals surface area contributed by atoms with Gasteiger partial charge in [0.1, 0.15) is 0 Å². The van der Waals surface area contributed by atoms with E-state index in [1.54, 1.807) is 0 Å². The minimum Gasteiger partial charge on any atom is -0.357 e. The van der Waals surface area contributed by atoms with E-state index in [0.717, 1.165) is 12.8 Å². The number of carbonyl (C=O) groups excluding carboxylic acids is 1. The molecule has 0 saturated heterocycles. The molecule has 0 aliphatic heterocycles. The fourth-order valence-corrected chi connectivity index (χ4v) is 0.672. The van der Waals surface area contributed by atoms with Crippen molar-refractivity contribution in [2.45, 2.75) is 25.8 Å². The lowest BCUT2D eigenvalue weighted by Gasteiger charge is -2.07. The zero-order valence-corrected chi connectivity index (χ0v) is 5.76. The largest absolute Gasteiger partial charge is 0.357 e. The second-order valence-corrected chi connectivity index (χ2v) is 2.07. The predicted octanol–water partition coefficient (Wildman–Crippen LogP) is -0.140. The van der Waals surface area contributed by atoms with E-state index < -0.39 is 0 Å². The monoisotopic (exact) mass is 130 g/mol. The number of hydrogen-bond acceptors (Lipinski definition) is 2. The van der Waals surface area contributed by atoms with Gasteiger partial charge in [0, 0.05) is 12.6 Å². The molecule has 0 aromatic heterocycles. The maximum absolute atomic E-state index is 9.75. The number of nitrogens with two attached hydrogens (primary N) is 1. The molecule has 0 bridgehead atoms. The Bertz CT molecular complexity index is 75.5. The molecule has 0 fully saturated rings. The summed E-state index contributed by atoms with van der Waals surface area (Å²) in [5, 5.41) is 2.53. The maximum atomic E-state index is 9.75. The highest BCUT2D eigenvalue weighted by atomic mass is 16.1. The molecule has 0 heterocycles. The van der Waals surface area contributed by atoms with Gasteiger partial charge < -0.3 is 11.1 Å². The molecule has 9 heavy (non-hydrogen) atoms. The highest BCUT2D eigenvalue weighted by Gasteiger charge is 1.96. The van der Waals surface area contributed by atoms with Crippen LogP contribution in [0.2, 0.25) is 0 Å². The lowest BCUT2D eigenvalue weighted by Crippen LogP contribution is -2.32. The van der Waals surface area contributed by atoms with Crippen molar-refractivity contribution >= 4 is 6.41 Å². The third-order valence-corrected chi connectivity index (χ3v) is 1.12. The standard InChI is InChI=1S/C6H14N2O/c1-2-3-6(7)4-8-5-9/h5-6H,2-4,7H2,1H3,(H,8,9). The van der Waals surface area contributed by atoms with Crippen molar-refractivity contribution in [2.24, 2.45) is 5.73 Å². The third-order valence-electron chi connectivity index (χ3n) is 1.12. The zero-order valence-electron chi connectivity index (χ0n) is 5.76. The Kier molecular flexibility index (Phi) is 5.21. The van der Waals surface area contributed by atoms with Gasteiger partial charge in [-0.1, -0.05) is 13.3 Å². The van der Waals surface area contributed by atoms with Crippen molar-refractivity contribution in [2.75, 3.05) is 6.54 Å². The van der Waals surface area contributed by atoms with Gasteiger partial charge in [-0.2, -0.15) is 0 Å². The van der Waals surface area contributed by atoms with E-state index in [-0.39, 0.29) is 6.04 Å². The second kappa shape index (κ2) is 5.56. The van der Waals surface area contributed by atoms with Crippen molar-refractivity contribution in [1.29, 1.82) is 0 Å². The second-order valence-electron chi connectivity index (χ2n) is 2.07. The molecule has 0 aromatic rings. The number of amides is 1. The Morgan fingerprint density at radius 2 is 2.44 bits per heavy atom. The van der Waals surface area contributed by atoms with Crippen LogP contribution >= 0.6 is 0 Å². The molecular formula is C6H14N2O. The van der Waals surface area contributed by atoms with E-state index >= 15 is 0 Å². The van der Waals surface area contributed by atoms with E-state index in [9.17, 15) is 4.79 Å². The summed E-state index contributed by atoms with van der Waals surface area (Å²) in [6.45, 7) is 2.66. The lowest BCUT2D eigenvalue weighted by atomic mass is 10.2. The topological polar surface area (TPSA) is 55.1 Å². The Morgan fingerprint density at radius 1 is 1.78 bits per heavy atom. The highest BCUT2D eigenvalue weighted by Crippen LogP contribution is 1.89. The molecule has 0 aromatic carbocycles. The number of hydrogen-bond donors (Lipinski definition) is 2. The van der Waals surface area contributed by atoms with Gasteiger partial charge in [0.05, 0.1) is 0 Å². The van der Waals surface area contributed by atoms with Gasteiger partial charge >= 0.3 is 0 Å². The van der Waals surface area contributed by atoms with E-state index in [1.165, 1.54) is 0 Å². The molecule has 3 N–H and O–H groups in total. The van der Waals surface area contributed by atoms with Crippen molar-refractivity contribution in [1.82, 2.24) is 5.32 Å². The van der Waals surface area contributed by atoms with Gasteiger partial charge in [-0.15, -0.1) is 0 Å². The molecule has 0 rings (SSSR count). The summed E-state index contributed by atoms with van der Waals surface area (Å²) in [6, 6.07) is 0.125. The average Bonchev–Trinajstić information content (AvgIpc) is 1.85. The normalized spacial score (nSPS) is 12.7. The molecule has 0 spiro atoms. The van der Waals surface area contributed by atoms with Crippen molar-refractivity contribution in [3.8, 4) is 0 Å². The molecule has 3 nitrogen and oxygen atoms in total. The minimum absolute atomic E-state index is 0.125. The summed E-state index contributed by atoms with van der Waals surface area (Å²) in [4.78, 5) is 9.75. The summed E-state index contributed by atoms with van der Waals surface area (Å²) in [7, 11) is 0. The molecule has 0 saturated carbocycles. The molecule has 3 heteroatoms. The molecule has 0 aliphatic rings. The smallest absolute Gasteiger partial charge is 0.207 e. The van der Waals surface area contributed by atoms with Crippen molar-refractivity contribution in [3.05, 3.63) is 0 Å². The van der Waals surface area contributed by atoms with E-state index in [1.807, 2.05) is 0 Å². The third kappa shape index (κ3) is 5.30. The van der Waals surface area contributed by atoms with E-state index in [0.29, 0.717) is 13.0 Å². The van der Waals surface area contributed by atoms with Crippen LogP contribution in [0.5, 0.6) is 0 Å². The predicted molar refractivity (Wildman–Crippen MR) is 37.0 cm³/mol. The summed E-state index contributed by atoms with van der Waals surface area (Å²) in [5.41, 5.74) is 5.55. The fraction of sp³-hybridized carbons (Fsp3) is 0.833. The Balaban J connectivity index is 3.04. The molecule has 54 valence electrons. The number of carbonyl (C=O) groups is 1. The quantitative estimate of drug-likeness (QED) is 0.509. The highest BCUT2D eigenvalue weighted by molar-refractivity contribution is 5.45. The molecular weight excluding hydrogens is 116 g/mol. The van der Waals surface area contributed by atoms with Crippen LogP contribution in [-0.2, 0) is 4.79 Å². The van der Waals surface area contributed by atoms with Crippen LogP contribution in [0.1, 0.15) is 19.8 Å². The first-order valence-electron chi connectivity index (χ1n) is 3.23. The van der Waals surface area contributed by atoms with Gasteiger partial charge in [-0.25, -0.2) is 0 Å². The Labute approximate surface area is 55.6 Å². The van der Waals surface area contributed by atoms with Crippen LogP contribution in [-0.4, -0.2) is 19.0 Å². The summed E-state index contributed by atoms with van der Waals surface area (Å²) in [5.74, 6) is 0. The first kappa shape index (κ1) is 8.43. The summed E-state index contributed by atoms with van der Waals surface area (Å²) >= 11 is 0. The first-order valence-corrected chi connectivity index (χ1v) is 3.23. The first-order chi connectivity index (χ1) is 4.31. The number of nitrogens with one attached hydrogen (secondary N) is 1.